The molecule has 1 radical (unpaired) electrons. The molecule has 0 aliphatic heterocycles. The maximum Gasteiger partial charge on any atom is 0.0944 e. The first-order valence-corrected chi connectivity index (χ1v) is 2.45. The Bertz CT molecular complexity index is 57.1. The van der Waals surface area contributed by atoms with E-state index in [0.29, 0.717) is 0 Å². The Balaban J connectivity index is 3.08. The van der Waals surface area contributed by atoms with Gasteiger partial charge in [0.15, 0.2) is 0 Å². The fraction of sp³-hybridized carbons (Fsp3) is 0.800. The molecule has 2 N–H and O–H groups in total. The van der Waals surface area contributed by atoms with Crippen molar-refractivity contribution in [1.82, 2.24) is 0 Å². The minimum Gasteiger partial charge on any atom is -0.310 e. The minimum atomic E-state index is -0.0834. The fourth-order valence-corrected chi connectivity index (χ4v) is 0.235. The average Bonchev–Trinajstić information content (AvgIpc) is 1.61. The van der Waals surface area contributed by atoms with E-state index in [0.717, 1.165) is 6.42 Å². The number of nitrogens with zero attached hydrogens (tertiary/aromatic N) is 1. The van der Waals surface area contributed by atoms with Crippen LogP contribution in [0.15, 0.2) is 4.99 Å². The topological polar surface area (TPSA) is 38.4 Å². The second kappa shape index (κ2) is 3.81. The molecule has 7 heavy (non-hydrogen) atoms. The van der Waals surface area contributed by atoms with Gasteiger partial charge in [-0.15, -0.1) is 0 Å². The van der Waals surface area contributed by atoms with Crippen molar-refractivity contribution >= 4 is 6.21 Å². The molecule has 0 amide bonds. The molecule has 2 nitrogen and oxygen atoms in total. The first-order chi connectivity index (χ1) is 3.27. The van der Waals surface area contributed by atoms with Gasteiger partial charge in [0, 0.05) is 0 Å². The standard InChI is InChI=1S/C5H11N2/c1-3-4-7-5(2)6/h5H,3,6H2,1-2H3. The number of hydrogen-bond acceptors (Lipinski definition) is 2. The van der Waals surface area contributed by atoms with E-state index < -0.39 is 0 Å². The first-order valence-electron chi connectivity index (χ1n) is 2.45. The van der Waals surface area contributed by atoms with E-state index in [-0.39, 0.29) is 6.17 Å². The lowest BCUT2D eigenvalue weighted by Crippen LogP contribution is -2.10. The lowest BCUT2D eigenvalue weighted by Gasteiger charge is -1.90. The Labute approximate surface area is 44.4 Å². The summed E-state index contributed by atoms with van der Waals surface area (Å²) in [5, 5.41) is 0. The highest BCUT2D eigenvalue weighted by atomic mass is 14.9. The van der Waals surface area contributed by atoms with E-state index in [1.807, 2.05) is 13.8 Å². The number of hydrogen-bond donors (Lipinski definition) is 1. The van der Waals surface area contributed by atoms with Gasteiger partial charge in [-0.25, -0.2) is 0 Å². The Morgan fingerprint density at radius 1 is 1.86 bits per heavy atom. The highest BCUT2D eigenvalue weighted by Crippen LogP contribution is 1.74. The van der Waals surface area contributed by atoms with Crippen LogP contribution in [0, 0.1) is 0 Å². The quantitative estimate of drug-likeness (QED) is 0.507. The Kier molecular flexibility index (Phi) is 3.61. The molecule has 1 unspecified atom stereocenters. The predicted molar refractivity (Wildman–Crippen MR) is 31.4 cm³/mol. The van der Waals surface area contributed by atoms with Gasteiger partial charge in [0.25, 0.3) is 0 Å². The van der Waals surface area contributed by atoms with Crippen molar-refractivity contribution in [3.05, 3.63) is 0 Å². The zero-order chi connectivity index (χ0) is 5.70. The van der Waals surface area contributed by atoms with E-state index in [1.54, 1.807) is 0 Å². The van der Waals surface area contributed by atoms with Crippen LogP contribution in [-0.4, -0.2) is 12.4 Å². The smallest absolute Gasteiger partial charge is 0.0944 e. The van der Waals surface area contributed by atoms with Crippen LogP contribution in [0.4, 0.5) is 0 Å². The van der Waals surface area contributed by atoms with Crippen molar-refractivity contribution in [1.29, 1.82) is 0 Å². The molecule has 0 aromatic carbocycles. The van der Waals surface area contributed by atoms with Crippen LogP contribution in [0.1, 0.15) is 20.3 Å². The van der Waals surface area contributed by atoms with Crippen LogP contribution >= 0.6 is 0 Å². The largest absolute Gasteiger partial charge is 0.310 e. The normalized spacial score (nSPS) is 15.3. The molecule has 0 aliphatic rings. The molecular weight excluding hydrogens is 88.1 g/mol. The number of aliphatic imine (C=N–C) groups is 1. The highest BCUT2D eigenvalue weighted by Gasteiger charge is 1.79. The predicted octanol–water partition coefficient (Wildman–Crippen LogP) is 0.649. The van der Waals surface area contributed by atoms with Crippen molar-refractivity contribution in [2.24, 2.45) is 10.7 Å². The van der Waals surface area contributed by atoms with Gasteiger partial charge in [-0.1, -0.05) is 6.92 Å². The Hall–Kier alpha value is -0.370. The molecule has 0 saturated carbocycles. The second-order valence-corrected chi connectivity index (χ2v) is 1.38. The summed E-state index contributed by atoms with van der Waals surface area (Å²) in [6.07, 6.45) is 3.51. The minimum absolute atomic E-state index is 0.0834. The number of rotatable bonds is 2. The SMILES string of the molecule is CC/[C]=N\C(C)N. The molecule has 0 bridgehead atoms. The van der Waals surface area contributed by atoms with Crippen LogP contribution < -0.4 is 5.73 Å². The molecule has 0 aromatic heterocycles. The molecule has 0 aliphatic carbocycles. The van der Waals surface area contributed by atoms with E-state index in [4.69, 9.17) is 5.73 Å². The molecule has 0 spiro atoms. The second-order valence-electron chi connectivity index (χ2n) is 1.38. The molecule has 2 heteroatoms. The van der Waals surface area contributed by atoms with Gasteiger partial charge in [0.2, 0.25) is 0 Å². The summed E-state index contributed by atoms with van der Waals surface area (Å²) in [5.74, 6) is 0. The summed E-state index contributed by atoms with van der Waals surface area (Å²) in [5.41, 5.74) is 5.25. The summed E-state index contributed by atoms with van der Waals surface area (Å²) in [6.45, 7) is 3.80. The zero-order valence-electron chi connectivity index (χ0n) is 4.81. The molecule has 41 valence electrons. The molecule has 0 saturated heterocycles. The third-order valence-electron chi connectivity index (χ3n) is 0.453. The van der Waals surface area contributed by atoms with Gasteiger partial charge in [0.1, 0.15) is 0 Å². The van der Waals surface area contributed by atoms with E-state index in [9.17, 15) is 0 Å². The summed E-state index contributed by atoms with van der Waals surface area (Å²) < 4.78 is 0. The molecule has 0 fully saturated rings. The third-order valence-corrected chi connectivity index (χ3v) is 0.453. The van der Waals surface area contributed by atoms with E-state index >= 15 is 0 Å². The lowest BCUT2D eigenvalue weighted by atomic mass is 10.5. The van der Waals surface area contributed by atoms with Crippen LogP contribution in [0.2, 0.25) is 0 Å². The summed E-state index contributed by atoms with van der Waals surface area (Å²) in [6, 6.07) is 0. The Morgan fingerprint density at radius 2 is 2.43 bits per heavy atom. The van der Waals surface area contributed by atoms with Gasteiger partial charge in [-0.05, 0) is 13.3 Å². The molecule has 0 aromatic rings. The lowest BCUT2D eigenvalue weighted by molar-refractivity contribution is 0.794. The van der Waals surface area contributed by atoms with Crippen molar-refractivity contribution in [2.45, 2.75) is 26.4 Å². The fourth-order valence-electron chi connectivity index (χ4n) is 0.235. The van der Waals surface area contributed by atoms with Gasteiger partial charge >= 0.3 is 0 Å². The van der Waals surface area contributed by atoms with Crippen molar-refractivity contribution < 1.29 is 0 Å². The van der Waals surface area contributed by atoms with Crippen LogP contribution in [-0.2, 0) is 0 Å². The van der Waals surface area contributed by atoms with E-state index in [2.05, 4.69) is 11.2 Å². The van der Waals surface area contributed by atoms with Gasteiger partial charge in [-0.3, -0.25) is 4.99 Å². The van der Waals surface area contributed by atoms with Crippen molar-refractivity contribution in [3.8, 4) is 0 Å². The molecule has 0 rings (SSSR count). The summed E-state index contributed by atoms with van der Waals surface area (Å²) in [4.78, 5) is 3.77. The maximum atomic E-state index is 5.25. The molecule has 1 atom stereocenters. The van der Waals surface area contributed by atoms with Crippen molar-refractivity contribution in [3.63, 3.8) is 0 Å². The maximum absolute atomic E-state index is 5.25. The summed E-state index contributed by atoms with van der Waals surface area (Å²) in [7, 11) is 0. The monoisotopic (exact) mass is 99.1 g/mol. The zero-order valence-corrected chi connectivity index (χ0v) is 4.81. The summed E-state index contributed by atoms with van der Waals surface area (Å²) >= 11 is 0. The molecule has 0 heterocycles. The van der Waals surface area contributed by atoms with Gasteiger partial charge in [-0.2, -0.15) is 0 Å². The third kappa shape index (κ3) is 5.63. The van der Waals surface area contributed by atoms with Crippen LogP contribution in [0.3, 0.4) is 0 Å². The van der Waals surface area contributed by atoms with Crippen molar-refractivity contribution in [2.75, 3.05) is 0 Å². The van der Waals surface area contributed by atoms with Crippen LogP contribution in [0.5, 0.6) is 0 Å². The average molecular weight is 99.2 g/mol. The van der Waals surface area contributed by atoms with Gasteiger partial charge in [0.05, 0.1) is 12.4 Å². The first kappa shape index (κ1) is 6.63. The molecular formula is C5H11N2. The van der Waals surface area contributed by atoms with E-state index in [1.165, 1.54) is 0 Å². The Morgan fingerprint density at radius 3 is 2.57 bits per heavy atom. The number of nitrogens with two attached hydrogens (primary N) is 1. The van der Waals surface area contributed by atoms with Gasteiger partial charge < -0.3 is 5.73 Å². The van der Waals surface area contributed by atoms with Crippen LogP contribution in [0.25, 0.3) is 0 Å². The highest BCUT2D eigenvalue weighted by molar-refractivity contribution is 5.56.